The number of hydrogen-bond donors (Lipinski definition) is 2. The number of piperazine rings is 1. The lowest BCUT2D eigenvalue weighted by molar-refractivity contribution is -0.136. The summed E-state index contributed by atoms with van der Waals surface area (Å²) in [6.07, 6.45) is 4.80. The second-order valence-electron chi connectivity index (χ2n) is 13.2. The van der Waals surface area contributed by atoms with Crippen LogP contribution in [0.4, 0.5) is 10.1 Å². The number of amides is 3. The van der Waals surface area contributed by atoms with Gasteiger partial charge in [-0.05, 0) is 80.8 Å². The number of hydrogen-bond acceptors (Lipinski definition) is 9. The number of benzene rings is 1. The van der Waals surface area contributed by atoms with Crippen molar-refractivity contribution >= 4 is 39.6 Å². The SMILES string of the molecule is CCc1nonc1C(=O)N[C@H](C(=O)Nc1ccc([C@H](C)C(/C=N\S(=O)(=O)CC)C(=O)N2CCN(C)[C@@H](C)C2)cc1F)[C@H]1CC[C@H](C)CC1. The molecular formula is C33H48FN7O6S. The first-order valence-corrected chi connectivity index (χ1v) is 18.3. The van der Waals surface area contributed by atoms with Crippen LogP contribution >= 0.6 is 0 Å². The minimum atomic E-state index is -3.76. The quantitative estimate of drug-likeness (QED) is 0.316. The third-order valence-corrected chi connectivity index (χ3v) is 11.0. The van der Waals surface area contributed by atoms with Gasteiger partial charge in [0.05, 0.1) is 17.4 Å². The molecule has 2 heterocycles. The van der Waals surface area contributed by atoms with Crippen molar-refractivity contribution in [1.29, 1.82) is 0 Å². The molecule has 1 aromatic carbocycles. The first kappa shape index (κ1) is 37.1. The maximum atomic E-state index is 15.7. The van der Waals surface area contributed by atoms with Crippen LogP contribution in [0.5, 0.6) is 0 Å². The monoisotopic (exact) mass is 689 g/mol. The van der Waals surface area contributed by atoms with Crippen molar-refractivity contribution in [3.63, 3.8) is 0 Å². The van der Waals surface area contributed by atoms with Gasteiger partial charge in [-0.25, -0.2) is 17.4 Å². The predicted molar refractivity (Wildman–Crippen MR) is 180 cm³/mol. The van der Waals surface area contributed by atoms with E-state index in [1.54, 1.807) is 24.8 Å². The number of rotatable bonds is 12. The van der Waals surface area contributed by atoms with Crippen LogP contribution in [-0.2, 0) is 26.0 Å². The average Bonchev–Trinajstić information content (AvgIpc) is 3.55. The third-order valence-electron chi connectivity index (χ3n) is 9.83. The molecule has 15 heteroatoms. The third kappa shape index (κ3) is 9.04. The molecule has 0 bridgehead atoms. The molecule has 4 atom stereocenters. The molecule has 1 unspecified atom stereocenters. The number of carbonyl (C=O) groups excluding carboxylic acids is 3. The Labute approximate surface area is 282 Å². The average molecular weight is 690 g/mol. The largest absolute Gasteiger partial charge is 0.339 e. The van der Waals surface area contributed by atoms with Gasteiger partial charge in [-0.15, -0.1) is 0 Å². The van der Waals surface area contributed by atoms with Crippen molar-refractivity contribution in [1.82, 2.24) is 25.4 Å². The van der Waals surface area contributed by atoms with Gasteiger partial charge in [0, 0.05) is 31.9 Å². The fraction of sp³-hybridized carbons (Fsp3) is 0.636. The van der Waals surface area contributed by atoms with Gasteiger partial charge in [0.25, 0.3) is 15.9 Å². The van der Waals surface area contributed by atoms with Crippen LogP contribution in [0.2, 0.25) is 0 Å². The zero-order valence-corrected chi connectivity index (χ0v) is 29.4. The van der Waals surface area contributed by atoms with Crippen molar-refractivity contribution in [2.45, 2.75) is 84.7 Å². The van der Waals surface area contributed by atoms with Crippen molar-refractivity contribution in [2.75, 3.05) is 37.8 Å². The second-order valence-corrected chi connectivity index (χ2v) is 15.1. The Bertz CT molecular complexity index is 1590. The summed E-state index contributed by atoms with van der Waals surface area (Å²) in [4.78, 5) is 44.4. The smallest absolute Gasteiger partial charge is 0.276 e. The topological polar surface area (TPSA) is 167 Å². The molecule has 2 fully saturated rings. The Hall–Kier alpha value is -3.72. The standard InChI is InChI=1S/C33H48FN7O6S/c1-7-27-30(39-47-38-27)32(43)37-29(23-11-9-20(3)10-12-23)31(42)36-28-14-13-24(17-26(28)34)22(5)25(18-35-48(45,46)8-2)33(44)41-16-15-40(6)21(4)19-41/h13-14,17-18,20-23,25,29H,7-12,15-16,19H2,1-6H3,(H,36,42)(H,37,43)/b35-18-/t20-,21-,22-,23-,25?,29-/m0/s1. The Morgan fingerprint density at radius 2 is 1.83 bits per heavy atom. The van der Waals surface area contributed by atoms with Crippen LogP contribution in [0.25, 0.3) is 0 Å². The lowest BCUT2D eigenvalue weighted by Crippen LogP contribution is -2.54. The first-order valence-electron chi connectivity index (χ1n) is 16.7. The van der Waals surface area contributed by atoms with Crippen molar-refractivity contribution in [3.05, 3.63) is 41.0 Å². The lowest BCUT2D eigenvalue weighted by atomic mass is 9.79. The van der Waals surface area contributed by atoms with Gasteiger partial charge in [-0.1, -0.05) is 44.8 Å². The highest BCUT2D eigenvalue weighted by Crippen LogP contribution is 2.32. The number of aromatic nitrogens is 2. The van der Waals surface area contributed by atoms with Crippen LogP contribution in [0.15, 0.2) is 27.2 Å². The summed E-state index contributed by atoms with van der Waals surface area (Å²) in [5.41, 5.74) is 0.725. The summed E-state index contributed by atoms with van der Waals surface area (Å²) in [7, 11) is -1.78. The number of aryl methyl sites for hydroxylation is 1. The van der Waals surface area contributed by atoms with E-state index in [1.807, 2.05) is 14.0 Å². The van der Waals surface area contributed by atoms with Crippen molar-refractivity contribution < 1.29 is 31.8 Å². The molecular weight excluding hydrogens is 641 g/mol. The number of nitrogens with zero attached hydrogens (tertiary/aromatic N) is 5. The fourth-order valence-corrected chi connectivity index (χ4v) is 6.74. The first-order chi connectivity index (χ1) is 22.7. The Morgan fingerprint density at radius 1 is 1.12 bits per heavy atom. The Morgan fingerprint density at radius 3 is 2.46 bits per heavy atom. The van der Waals surface area contributed by atoms with E-state index in [0.717, 1.165) is 19.1 Å². The highest BCUT2D eigenvalue weighted by atomic mass is 32.2. The van der Waals surface area contributed by atoms with E-state index < -0.39 is 45.5 Å². The van der Waals surface area contributed by atoms with E-state index in [4.69, 9.17) is 4.63 Å². The summed E-state index contributed by atoms with van der Waals surface area (Å²) in [5, 5.41) is 12.9. The Balaban J connectivity index is 1.56. The molecule has 264 valence electrons. The Kier molecular flexibility index (Phi) is 12.5. The molecule has 1 saturated heterocycles. The number of anilines is 1. The molecule has 48 heavy (non-hydrogen) atoms. The molecule has 1 aromatic heterocycles. The maximum absolute atomic E-state index is 15.7. The van der Waals surface area contributed by atoms with Crippen LogP contribution in [0.3, 0.4) is 0 Å². The van der Waals surface area contributed by atoms with Gasteiger partial charge in [-0.2, -0.15) is 4.40 Å². The van der Waals surface area contributed by atoms with Gasteiger partial charge in [0.1, 0.15) is 17.6 Å². The minimum Gasteiger partial charge on any atom is -0.339 e. The number of halogens is 1. The molecule has 1 saturated carbocycles. The summed E-state index contributed by atoms with van der Waals surface area (Å²) >= 11 is 0. The molecule has 1 aliphatic heterocycles. The highest BCUT2D eigenvalue weighted by molar-refractivity contribution is 7.90. The zero-order valence-electron chi connectivity index (χ0n) is 28.6. The highest BCUT2D eigenvalue weighted by Gasteiger charge is 2.36. The maximum Gasteiger partial charge on any atom is 0.276 e. The summed E-state index contributed by atoms with van der Waals surface area (Å²) in [6.45, 7) is 10.8. The number of carbonyl (C=O) groups is 3. The molecule has 0 radical (unpaired) electrons. The van der Waals surface area contributed by atoms with E-state index in [2.05, 4.69) is 37.2 Å². The van der Waals surface area contributed by atoms with Gasteiger partial charge in [0.15, 0.2) is 5.69 Å². The molecule has 13 nitrogen and oxygen atoms in total. The van der Waals surface area contributed by atoms with Gasteiger partial charge < -0.3 is 20.4 Å². The summed E-state index contributed by atoms with van der Waals surface area (Å²) < 4.78 is 48.7. The van der Waals surface area contributed by atoms with E-state index in [1.165, 1.54) is 19.1 Å². The summed E-state index contributed by atoms with van der Waals surface area (Å²) in [5.74, 6) is -3.66. The molecule has 2 N–H and O–H groups in total. The van der Waals surface area contributed by atoms with Gasteiger partial charge in [-0.3, -0.25) is 14.4 Å². The molecule has 2 aliphatic rings. The molecule has 4 rings (SSSR count). The van der Waals surface area contributed by atoms with Crippen molar-refractivity contribution in [3.8, 4) is 0 Å². The van der Waals surface area contributed by atoms with Gasteiger partial charge in [0.2, 0.25) is 11.8 Å². The lowest BCUT2D eigenvalue weighted by Gasteiger charge is -2.39. The van der Waals surface area contributed by atoms with E-state index in [0.29, 0.717) is 56.1 Å². The second kappa shape index (κ2) is 16.1. The number of sulfonamides is 1. The minimum absolute atomic E-state index is 0.00871. The number of likely N-dealkylation sites (N-methyl/N-ethyl adjacent to an activating group) is 1. The van der Waals surface area contributed by atoms with Crippen LogP contribution < -0.4 is 10.6 Å². The fourth-order valence-electron chi connectivity index (χ4n) is 6.27. The van der Waals surface area contributed by atoms with Crippen LogP contribution in [-0.4, -0.2) is 97.0 Å². The number of nitrogens with one attached hydrogen (secondary N) is 2. The van der Waals surface area contributed by atoms with Crippen LogP contribution in [0, 0.1) is 23.6 Å². The molecule has 3 amide bonds. The van der Waals surface area contributed by atoms with E-state index in [-0.39, 0.29) is 35.0 Å². The van der Waals surface area contributed by atoms with E-state index in [9.17, 15) is 22.8 Å². The van der Waals surface area contributed by atoms with Crippen LogP contribution in [0.1, 0.15) is 88.0 Å². The normalized spacial score (nSPS) is 22.6. The van der Waals surface area contributed by atoms with Crippen molar-refractivity contribution in [2.24, 2.45) is 22.2 Å². The molecule has 0 spiro atoms. The molecule has 2 aromatic rings. The molecule has 1 aliphatic carbocycles. The predicted octanol–water partition coefficient (Wildman–Crippen LogP) is 3.64. The van der Waals surface area contributed by atoms with Gasteiger partial charge >= 0.3 is 0 Å². The zero-order chi connectivity index (χ0) is 35.2. The summed E-state index contributed by atoms with van der Waals surface area (Å²) in [6, 6.07) is 3.41. The van der Waals surface area contributed by atoms with E-state index >= 15 is 4.39 Å².